The Labute approximate surface area is 92.0 Å². The molecule has 0 radical (unpaired) electrons. The van der Waals surface area contributed by atoms with Gasteiger partial charge in [0.15, 0.2) is 0 Å². The van der Waals surface area contributed by atoms with Crippen LogP contribution in [0.5, 0.6) is 0 Å². The zero-order valence-corrected chi connectivity index (χ0v) is 9.95. The Morgan fingerprint density at radius 3 is 2.93 bits per heavy atom. The van der Waals surface area contributed by atoms with E-state index in [2.05, 4.69) is 5.32 Å². The summed E-state index contributed by atoms with van der Waals surface area (Å²) in [7, 11) is 1.94. The van der Waals surface area contributed by atoms with Crippen molar-refractivity contribution < 1.29 is 9.53 Å². The fourth-order valence-corrected chi connectivity index (χ4v) is 1.78. The number of likely N-dealkylation sites (tertiary alicyclic amines) is 1. The number of amides is 1. The number of nitrogens with zero attached hydrogens (tertiary/aromatic N) is 1. The molecule has 0 saturated carbocycles. The molecule has 1 N–H and O–H groups in total. The van der Waals surface area contributed by atoms with Crippen molar-refractivity contribution in [1.82, 2.24) is 10.2 Å². The SMILES string of the molecule is CNCC1CCN(C(=O)OCC(C)C)C1. The van der Waals surface area contributed by atoms with E-state index in [0.717, 1.165) is 26.1 Å². The van der Waals surface area contributed by atoms with Gasteiger partial charge in [0.1, 0.15) is 0 Å². The van der Waals surface area contributed by atoms with Crippen LogP contribution in [0, 0.1) is 11.8 Å². The van der Waals surface area contributed by atoms with Crippen LogP contribution in [-0.2, 0) is 4.74 Å². The second-order valence-corrected chi connectivity index (χ2v) is 4.63. The lowest BCUT2D eigenvalue weighted by Gasteiger charge is -2.17. The molecule has 1 unspecified atom stereocenters. The molecule has 1 heterocycles. The average molecular weight is 214 g/mol. The van der Waals surface area contributed by atoms with Gasteiger partial charge in [-0.1, -0.05) is 13.8 Å². The first-order valence-electron chi connectivity index (χ1n) is 5.69. The summed E-state index contributed by atoms with van der Waals surface area (Å²) >= 11 is 0. The summed E-state index contributed by atoms with van der Waals surface area (Å²) in [5.74, 6) is 0.992. The molecular weight excluding hydrogens is 192 g/mol. The quantitative estimate of drug-likeness (QED) is 0.767. The number of nitrogens with one attached hydrogen (secondary N) is 1. The molecule has 1 aliphatic heterocycles. The second-order valence-electron chi connectivity index (χ2n) is 4.63. The normalized spacial score (nSPS) is 21.1. The number of ether oxygens (including phenoxy) is 1. The first-order chi connectivity index (χ1) is 7.13. The maximum Gasteiger partial charge on any atom is 0.409 e. The minimum atomic E-state index is -0.151. The Morgan fingerprint density at radius 2 is 2.33 bits per heavy atom. The molecule has 1 fully saturated rings. The molecule has 4 heteroatoms. The summed E-state index contributed by atoms with van der Waals surface area (Å²) in [4.78, 5) is 13.4. The van der Waals surface area contributed by atoms with Gasteiger partial charge in [-0.2, -0.15) is 0 Å². The summed E-state index contributed by atoms with van der Waals surface area (Å²) in [6, 6.07) is 0. The van der Waals surface area contributed by atoms with Crippen LogP contribution in [0.25, 0.3) is 0 Å². The van der Waals surface area contributed by atoms with Gasteiger partial charge in [-0.3, -0.25) is 0 Å². The molecule has 0 aliphatic carbocycles. The monoisotopic (exact) mass is 214 g/mol. The smallest absolute Gasteiger partial charge is 0.409 e. The Kier molecular flexibility index (Phi) is 4.88. The third-order valence-corrected chi connectivity index (χ3v) is 2.58. The fraction of sp³-hybridized carbons (Fsp3) is 0.909. The van der Waals surface area contributed by atoms with Crippen molar-refractivity contribution in [3.63, 3.8) is 0 Å². The van der Waals surface area contributed by atoms with E-state index in [1.165, 1.54) is 0 Å². The lowest BCUT2D eigenvalue weighted by molar-refractivity contribution is 0.0984. The van der Waals surface area contributed by atoms with Crippen LogP contribution in [0.15, 0.2) is 0 Å². The maximum absolute atomic E-state index is 11.6. The van der Waals surface area contributed by atoms with Gasteiger partial charge in [0, 0.05) is 13.1 Å². The van der Waals surface area contributed by atoms with Crippen molar-refractivity contribution in [3.8, 4) is 0 Å². The average Bonchev–Trinajstić information content (AvgIpc) is 2.63. The van der Waals surface area contributed by atoms with Gasteiger partial charge < -0.3 is 15.0 Å². The van der Waals surface area contributed by atoms with E-state index in [9.17, 15) is 4.79 Å². The van der Waals surface area contributed by atoms with Gasteiger partial charge >= 0.3 is 6.09 Å². The predicted octanol–water partition coefficient (Wildman–Crippen LogP) is 1.32. The second kappa shape index (κ2) is 5.95. The molecular formula is C11H22N2O2. The van der Waals surface area contributed by atoms with Crippen molar-refractivity contribution in [2.24, 2.45) is 11.8 Å². The third-order valence-electron chi connectivity index (χ3n) is 2.58. The Balaban J connectivity index is 2.24. The highest BCUT2D eigenvalue weighted by Crippen LogP contribution is 2.16. The molecule has 0 aromatic carbocycles. The number of carbonyl (C=O) groups excluding carboxylic acids is 1. The summed E-state index contributed by atoms with van der Waals surface area (Å²) < 4.78 is 5.18. The van der Waals surface area contributed by atoms with Crippen LogP contribution in [0.4, 0.5) is 4.79 Å². The van der Waals surface area contributed by atoms with Gasteiger partial charge in [0.2, 0.25) is 0 Å². The minimum Gasteiger partial charge on any atom is -0.449 e. The zero-order chi connectivity index (χ0) is 11.3. The predicted molar refractivity (Wildman–Crippen MR) is 59.8 cm³/mol. The van der Waals surface area contributed by atoms with Gasteiger partial charge in [0.05, 0.1) is 6.61 Å². The van der Waals surface area contributed by atoms with Crippen LogP contribution < -0.4 is 5.32 Å². The van der Waals surface area contributed by atoms with E-state index < -0.39 is 0 Å². The maximum atomic E-state index is 11.6. The minimum absolute atomic E-state index is 0.151. The molecule has 0 bridgehead atoms. The van der Waals surface area contributed by atoms with Crippen molar-refractivity contribution in [2.75, 3.05) is 33.3 Å². The molecule has 88 valence electrons. The largest absolute Gasteiger partial charge is 0.449 e. The van der Waals surface area contributed by atoms with Gasteiger partial charge in [-0.25, -0.2) is 4.79 Å². The third kappa shape index (κ3) is 4.08. The lowest BCUT2D eigenvalue weighted by atomic mass is 10.1. The summed E-state index contributed by atoms with van der Waals surface area (Å²) in [6.45, 7) is 7.25. The van der Waals surface area contributed by atoms with E-state index in [1.54, 1.807) is 0 Å². The standard InChI is InChI=1S/C11H22N2O2/c1-9(2)8-15-11(14)13-5-4-10(7-13)6-12-3/h9-10,12H,4-8H2,1-3H3. The Morgan fingerprint density at radius 1 is 1.60 bits per heavy atom. The number of rotatable bonds is 4. The molecule has 4 nitrogen and oxygen atoms in total. The molecule has 0 spiro atoms. The summed E-state index contributed by atoms with van der Waals surface area (Å²) in [5, 5.41) is 3.14. The van der Waals surface area contributed by atoms with E-state index in [1.807, 2.05) is 25.8 Å². The van der Waals surface area contributed by atoms with E-state index in [4.69, 9.17) is 4.74 Å². The molecule has 1 rings (SSSR count). The fourth-order valence-electron chi connectivity index (χ4n) is 1.78. The molecule has 0 aromatic rings. The first kappa shape index (κ1) is 12.3. The number of hydrogen-bond donors (Lipinski definition) is 1. The topological polar surface area (TPSA) is 41.6 Å². The molecule has 1 amide bonds. The highest BCUT2D eigenvalue weighted by atomic mass is 16.6. The van der Waals surface area contributed by atoms with E-state index in [0.29, 0.717) is 18.4 Å². The lowest BCUT2D eigenvalue weighted by Crippen LogP contribution is -2.31. The van der Waals surface area contributed by atoms with Crippen molar-refractivity contribution in [3.05, 3.63) is 0 Å². The van der Waals surface area contributed by atoms with Crippen LogP contribution in [0.1, 0.15) is 20.3 Å². The Hall–Kier alpha value is -0.770. The number of carbonyl (C=O) groups is 1. The van der Waals surface area contributed by atoms with Crippen molar-refractivity contribution in [1.29, 1.82) is 0 Å². The van der Waals surface area contributed by atoms with Gasteiger partial charge in [-0.15, -0.1) is 0 Å². The number of hydrogen-bond acceptors (Lipinski definition) is 3. The molecule has 1 atom stereocenters. The van der Waals surface area contributed by atoms with Gasteiger partial charge in [0.25, 0.3) is 0 Å². The zero-order valence-electron chi connectivity index (χ0n) is 9.95. The Bertz CT molecular complexity index is 207. The molecule has 1 saturated heterocycles. The van der Waals surface area contributed by atoms with Crippen molar-refractivity contribution in [2.45, 2.75) is 20.3 Å². The highest BCUT2D eigenvalue weighted by Gasteiger charge is 2.26. The first-order valence-corrected chi connectivity index (χ1v) is 5.69. The summed E-state index contributed by atoms with van der Waals surface area (Å²) in [6.07, 6.45) is 0.930. The van der Waals surface area contributed by atoms with Gasteiger partial charge in [-0.05, 0) is 31.8 Å². The van der Waals surface area contributed by atoms with Crippen molar-refractivity contribution >= 4 is 6.09 Å². The molecule has 0 aromatic heterocycles. The molecule has 1 aliphatic rings. The van der Waals surface area contributed by atoms with E-state index >= 15 is 0 Å². The van der Waals surface area contributed by atoms with Crippen LogP contribution >= 0.6 is 0 Å². The van der Waals surface area contributed by atoms with Crippen LogP contribution in [-0.4, -0.2) is 44.3 Å². The highest BCUT2D eigenvalue weighted by molar-refractivity contribution is 5.67. The molecule has 15 heavy (non-hydrogen) atoms. The van der Waals surface area contributed by atoms with E-state index in [-0.39, 0.29) is 6.09 Å². The van der Waals surface area contributed by atoms with Crippen LogP contribution in [0.2, 0.25) is 0 Å². The van der Waals surface area contributed by atoms with Crippen LogP contribution in [0.3, 0.4) is 0 Å². The summed E-state index contributed by atoms with van der Waals surface area (Å²) in [5.41, 5.74) is 0.